The van der Waals surface area contributed by atoms with E-state index in [1.807, 2.05) is 60.7 Å². The van der Waals surface area contributed by atoms with Crippen molar-refractivity contribution in [2.24, 2.45) is 0 Å². The molecule has 5 heteroatoms. The molecule has 5 nitrogen and oxygen atoms in total. The number of fused-ring (bicyclic) bond motifs is 1. The summed E-state index contributed by atoms with van der Waals surface area (Å²) < 4.78 is 5.42. The van der Waals surface area contributed by atoms with Crippen molar-refractivity contribution in [1.29, 1.82) is 0 Å². The van der Waals surface area contributed by atoms with Crippen molar-refractivity contribution >= 4 is 11.8 Å². The summed E-state index contributed by atoms with van der Waals surface area (Å²) in [6, 6.07) is 21.0. The van der Waals surface area contributed by atoms with Gasteiger partial charge in [-0.1, -0.05) is 48.5 Å². The molecule has 2 heterocycles. The fourth-order valence-corrected chi connectivity index (χ4v) is 3.33. The molecule has 0 bridgehead atoms. The van der Waals surface area contributed by atoms with E-state index in [0.29, 0.717) is 25.2 Å². The summed E-state index contributed by atoms with van der Waals surface area (Å²) in [4.78, 5) is 28.9. The summed E-state index contributed by atoms with van der Waals surface area (Å²) in [5.74, 6) is 0.531. The first kappa shape index (κ1) is 17.1. The van der Waals surface area contributed by atoms with Crippen molar-refractivity contribution in [3.05, 3.63) is 95.4 Å². The number of furan rings is 1. The fourth-order valence-electron chi connectivity index (χ4n) is 3.33. The molecule has 0 atom stereocenters. The molecule has 4 rings (SSSR count). The molecule has 0 N–H and O–H groups in total. The van der Waals surface area contributed by atoms with E-state index in [4.69, 9.17) is 4.42 Å². The van der Waals surface area contributed by atoms with Gasteiger partial charge in [-0.25, -0.2) is 0 Å². The minimum Gasteiger partial charge on any atom is -0.467 e. The van der Waals surface area contributed by atoms with E-state index in [9.17, 15) is 9.59 Å². The van der Waals surface area contributed by atoms with Gasteiger partial charge in [-0.05, 0) is 29.3 Å². The van der Waals surface area contributed by atoms with E-state index in [1.165, 1.54) is 0 Å². The summed E-state index contributed by atoms with van der Waals surface area (Å²) >= 11 is 0. The van der Waals surface area contributed by atoms with Gasteiger partial charge in [0, 0.05) is 18.7 Å². The quantitative estimate of drug-likeness (QED) is 0.676. The van der Waals surface area contributed by atoms with Gasteiger partial charge in [-0.3, -0.25) is 9.59 Å². The number of carbonyl (C=O) groups is 2. The summed E-state index contributed by atoms with van der Waals surface area (Å²) in [6.07, 6.45) is 1.60. The second kappa shape index (κ2) is 7.50. The van der Waals surface area contributed by atoms with Crippen LogP contribution in [-0.2, 0) is 24.4 Å². The zero-order valence-electron chi connectivity index (χ0n) is 14.9. The van der Waals surface area contributed by atoms with E-state index in [0.717, 1.165) is 16.9 Å². The first-order valence-corrected chi connectivity index (χ1v) is 8.92. The highest BCUT2D eigenvalue weighted by Gasteiger charge is 2.29. The molecule has 136 valence electrons. The molecule has 1 aliphatic rings. The van der Waals surface area contributed by atoms with E-state index < -0.39 is 0 Å². The maximum Gasteiger partial charge on any atom is 0.254 e. The van der Waals surface area contributed by atoms with Crippen LogP contribution in [0, 0.1) is 0 Å². The molecule has 0 radical (unpaired) electrons. The zero-order valence-corrected chi connectivity index (χ0v) is 14.9. The van der Waals surface area contributed by atoms with Crippen molar-refractivity contribution in [3.8, 4) is 0 Å². The maximum atomic E-state index is 13.0. The molecule has 0 saturated heterocycles. The third-order valence-corrected chi connectivity index (χ3v) is 4.72. The fraction of sp³-hybridized carbons (Fsp3) is 0.182. The molecule has 1 aliphatic heterocycles. The number of carbonyl (C=O) groups excluding carboxylic acids is 2. The molecule has 27 heavy (non-hydrogen) atoms. The minimum atomic E-state index is -0.101. The number of nitrogens with zero attached hydrogens (tertiary/aromatic N) is 2. The Kier molecular flexibility index (Phi) is 4.75. The maximum absolute atomic E-state index is 13.0. The first-order chi connectivity index (χ1) is 13.2. The molecular formula is C22H20N2O3. The normalized spacial score (nSPS) is 12.9. The Hall–Kier alpha value is -3.34. The van der Waals surface area contributed by atoms with Gasteiger partial charge in [0.05, 0.1) is 12.8 Å². The highest BCUT2D eigenvalue weighted by atomic mass is 16.3. The molecule has 0 aliphatic carbocycles. The number of benzene rings is 2. The standard InChI is InChI=1S/C22H20N2O3/c25-21(16-24-14-18-9-4-5-11-20(18)22(24)26)23(15-19-10-6-12-27-19)13-17-7-2-1-3-8-17/h1-12H,13-16H2. The van der Waals surface area contributed by atoms with Crippen molar-refractivity contribution in [3.63, 3.8) is 0 Å². The van der Waals surface area contributed by atoms with Crippen LogP contribution in [0.5, 0.6) is 0 Å². The topological polar surface area (TPSA) is 53.8 Å². The largest absolute Gasteiger partial charge is 0.467 e. The van der Waals surface area contributed by atoms with Crippen LogP contribution in [0.15, 0.2) is 77.4 Å². The third kappa shape index (κ3) is 3.77. The minimum absolute atomic E-state index is 0.0566. The van der Waals surface area contributed by atoms with Crippen molar-refractivity contribution < 1.29 is 14.0 Å². The highest BCUT2D eigenvalue weighted by molar-refractivity contribution is 6.00. The van der Waals surface area contributed by atoms with Gasteiger partial charge in [0.25, 0.3) is 5.91 Å². The van der Waals surface area contributed by atoms with Gasteiger partial charge in [0.1, 0.15) is 12.3 Å². The van der Waals surface area contributed by atoms with Crippen LogP contribution in [0.2, 0.25) is 0 Å². The Morgan fingerprint density at radius 2 is 1.74 bits per heavy atom. The summed E-state index contributed by atoms with van der Waals surface area (Å²) in [7, 11) is 0. The molecule has 0 unspecified atom stereocenters. The van der Waals surface area contributed by atoms with Crippen molar-refractivity contribution in [1.82, 2.24) is 9.80 Å². The number of hydrogen-bond donors (Lipinski definition) is 0. The molecule has 1 aromatic heterocycles. The molecule has 0 fully saturated rings. The Bertz CT molecular complexity index is 935. The summed E-state index contributed by atoms with van der Waals surface area (Å²) in [6.45, 7) is 1.37. The van der Waals surface area contributed by atoms with Crippen LogP contribution in [0.1, 0.15) is 27.2 Å². The molecule has 3 aromatic rings. The molecule has 2 aromatic carbocycles. The van der Waals surface area contributed by atoms with E-state index in [2.05, 4.69) is 0 Å². The Balaban J connectivity index is 1.49. The predicted octanol–water partition coefficient (Wildman–Crippen LogP) is 3.46. The van der Waals surface area contributed by atoms with Gasteiger partial charge in [-0.15, -0.1) is 0 Å². The van der Waals surface area contributed by atoms with E-state index >= 15 is 0 Å². The number of rotatable bonds is 6. The Labute approximate surface area is 157 Å². The predicted molar refractivity (Wildman–Crippen MR) is 101 cm³/mol. The molecule has 2 amide bonds. The first-order valence-electron chi connectivity index (χ1n) is 8.92. The van der Waals surface area contributed by atoms with Crippen LogP contribution >= 0.6 is 0 Å². The highest BCUT2D eigenvalue weighted by Crippen LogP contribution is 2.22. The number of amides is 2. The summed E-state index contributed by atoms with van der Waals surface area (Å²) in [5.41, 5.74) is 2.69. The SMILES string of the molecule is O=C(CN1Cc2ccccc2C1=O)N(Cc1ccccc1)Cc1ccco1. The van der Waals surface area contributed by atoms with Gasteiger partial charge < -0.3 is 14.2 Å². The second-order valence-corrected chi connectivity index (χ2v) is 6.63. The van der Waals surface area contributed by atoms with E-state index in [1.54, 1.807) is 22.1 Å². The average molecular weight is 360 g/mol. The van der Waals surface area contributed by atoms with Crippen LogP contribution < -0.4 is 0 Å². The second-order valence-electron chi connectivity index (χ2n) is 6.63. The Morgan fingerprint density at radius 3 is 2.48 bits per heavy atom. The average Bonchev–Trinajstić information content (AvgIpc) is 3.31. The lowest BCUT2D eigenvalue weighted by atomic mass is 10.1. The summed E-state index contributed by atoms with van der Waals surface area (Å²) in [5, 5.41) is 0. The monoisotopic (exact) mass is 360 g/mol. The zero-order chi connectivity index (χ0) is 18.6. The van der Waals surface area contributed by atoms with Gasteiger partial charge in [-0.2, -0.15) is 0 Å². The van der Waals surface area contributed by atoms with Gasteiger partial charge in [0.2, 0.25) is 5.91 Å². The molecule has 0 saturated carbocycles. The van der Waals surface area contributed by atoms with E-state index in [-0.39, 0.29) is 18.4 Å². The van der Waals surface area contributed by atoms with Crippen LogP contribution in [0.25, 0.3) is 0 Å². The molecule has 0 spiro atoms. The van der Waals surface area contributed by atoms with Gasteiger partial charge >= 0.3 is 0 Å². The Morgan fingerprint density at radius 1 is 0.963 bits per heavy atom. The van der Waals surface area contributed by atoms with Gasteiger partial charge in [0.15, 0.2) is 0 Å². The lowest BCUT2D eigenvalue weighted by Crippen LogP contribution is -2.39. The van der Waals surface area contributed by atoms with Crippen molar-refractivity contribution in [2.75, 3.05) is 6.54 Å². The smallest absolute Gasteiger partial charge is 0.254 e. The lowest BCUT2D eigenvalue weighted by Gasteiger charge is -2.25. The lowest BCUT2D eigenvalue weighted by molar-refractivity contribution is -0.133. The van der Waals surface area contributed by atoms with Crippen molar-refractivity contribution in [2.45, 2.75) is 19.6 Å². The third-order valence-electron chi connectivity index (χ3n) is 4.72. The molecular weight excluding hydrogens is 340 g/mol. The number of hydrogen-bond acceptors (Lipinski definition) is 3. The van der Waals surface area contributed by atoms with Crippen LogP contribution in [-0.4, -0.2) is 28.2 Å². The van der Waals surface area contributed by atoms with Crippen LogP contribution in [0.3, 0.4) is 0 Å². The van der Waals surface area contributed by atoms with Crippen LogP contribution in [0.4, 0.5) is 0 Å².